The summed E-state index contributed by atoms with van der Waals surface area (Å²) in [6.45, 7) is 2.41. The van der Waals surface area contributed by atoms with Crippen LogP contribution in [-0.2, 0) is 18.3 Å². The summed E-state index contributed by atoms with van der Waals surface area (Å²) in [5, 5.41) is 0. The number of amides is 1. The number of pyridine rings is 1. The number of alkyl halides is 4. The van der Waals surface area contributed by atoms with Gasteiger partial charge in [0.15, 0.2) is 0 Å². The molecule has 10 heteroatoms. The summed E-state index contributed by atoms with van der Waals surface area (Å²) in [7, 11) is 1.95. The lowest BCUT2D eigenvalue weighted by molar-refractivity contribution is -0.144. The summed E-state index contributed by atoms with van der Waals surface area (Å²) in [5.41, 5.74) is -0.0292. The fourth-order valence-electron chi connectivity index (χ4n) is 5.64. The van der Waals surface area contributed by atoms with Gasteiger partial charge < -0.3 is 14.4 Å². The minimum absolute atomic E-state index is 0.167. The maximum absolute atomic E-state index is 13.7. The van der Waals surface area contributed by atoms with Crippen molar-refractivity contribution in [1.82, 2.24) is 19.4 Å². The van der Waals surface area contributed by atoms with Crippen LogP contribution in [0.3, 0.4) is 0 Å². The lowest BCUT2D eigenvalue weighted by atomic mass is 9.81. The molecule has 3 aliphatic rings. The monoisotopic (exact) mass is 465 g/mol. The van der Waals surface area contributed by atoms with Gasteiger partial charge in [-0.2, -0.15) is 13.2 Å². The Morgan fingerprint density at radius 3 is 2.52 bits per heavy atom. The Morgan fingerprint density at radius 1 is 1.09 bits per heavy atom. The molecule has 2 aromatic rings. The molecule has 0 radical (unpaired) electrons. The highest BCUT2D eigenvalue weighted by atomic mass is 19.4. The van der Waals surface area contributed by atoms with E-state index in [0.29, 0.717) is 69.1 Å². The van der Waals surface area contributed by atoms with Gasteiger partial charge in [0.1, 0.15) is 17.7 Å². The first-order valence-electron chi connectivity index (χ1n) is 11.3. The van der Waals surface area contributed by atoms with E-state index in [9.17, 15) is 22.4 Å². The molecule has 0 bridgehead atoms. The summed E-state index contributed by atoms with van der Waals surface area (Å²) < 4.78 is 55.6. The van der Waals surface area contributed by atoms with Gasteiger partial charge in [-0.1, -0.05) is 0 Å². The third kappa shape index (κ3) is 3.68. The third-order valence-electron chi connectivity index (χ3n) is 7.46. The highest BCUT2D eigenvalue weighted by Crippen LogP contribution is 2.44. The quantitative estimate of drug-likeness (QED) is 0.637. The normalized spacial score (nSPS) is 23.2. The van der Waals surface area contributed by atoms with Crippen LogP contribution in [0.25, 0.3) is 0 Å². The van der Waals surface area contributed by atoms with E-state index in [4.69, 9.17) is 0 Å². The molecular weight excluding hydrogens is 438 g/mol. The number of nitrogens with zero attached hydrogens (tertiary/aromatic N) is 5. The first kappa shape index (κ1) is 22.2. The number of anilines is 1. The predicted molar refractivity (Wildman–Crippen MR) is 115 cm³/mol. The third-order valence-corrected chi connectivity index (χ3v) is 7.46. The molecule has 1 spiro atoms. The summed E-state index contributed by atoms with van der Waals surface area (Å²) in [6, 6.07) is 6.18. The molecule has 6 nitrogen and oxygen atoms in total. The Labute approximate surface area is 189 Å². The van der Waals surface area contributed by atoms with E-state index in [-0.39, 0.29) is 12.5 Å². The van der Waals surface area contributed by atoms with Crippen LogP contribution < -0.4 is 4.90 Å². The number of rotatable bonds is 2. The summed E-state index contributed by atoms with van der Waals surface area (Å²) >= 11 is 0. The van der Waals surface area contributed by atoms with Crippen LogP contribution >= 0.6 is 0 Å². The number of halogens is 4. The average Bonchev–Trinajstić information content (AvgIpc) is 3.43. The van der Waals surface area contributed by atoms with Crippen molar-refractivity contribution in [3.05, 3.63) is 47.4 Å². The fourth-order valence-corrected chi connectivity index (χ4v) is 5.64. The van der Waals surface area contributed by atoms with E-state index in [0.717, 1.165) is 0 Å². The first-order chi connectivity index (χ1) is 15.7. The Kier molecular flexibility index (Phi) is 5.38. The zero-order chi connectivity index (χ0) is 23.4. The van der Waals surface area contributed by atoms with Crippen molar-refractivity contribution in [3.8, 4) is 0 Å². The number of piperidine rings is 1. The maximum Gasteiger partial charge on any atom is 0.431 e. The van der Waals surface area contributed by atoms with Crippen LogP contribution in [0, 0.1) is 0 Å². The second-order valence-electron chi connectivity index (χ2n) is 9.21. The number of carbonyl (C=O) groups excluding carboxylic acids is 1. The largest absolute Gasteiger partial charge is 0.431 e. The van der Waals surface area contributed by atoms with Gasteiger partial charge in [-0.05, 0) is 50.6 Å². The van der Waals surface area contributed by atoms with Crippen molar-refractivity contribution in [1.29, 1.82) is 0 Å². The van der Waals surface area contributed by atoms with E-state index < -0.39 is 23.6 Å². The molecule has 178 valence electrons. The minimum Gasteiger partial charge on any atom is -0.353 e. The Balaban J connectivity index is 1.37. The molecule has 33 heavy (non-hydrogen) atoms. The highest BCUT2D eigenvalue weighted by Gasteiger charge is 2.47. The number of fused-ring (bicyclic) bond motifs is 2. The Morgan fingerprint density at radius 2 is 1.85 bits per heavy atom. The van der Waals surface area contributed by atoms with Crippen molar-refractivity contribution >= 4 is 11.7 Å². The van der Waals surface area contributed by atoms with E-state index in [1.165, 1.54) is 10.6 Å². The Bertz CT molecular complexity index is 1040. The molecule has 1 unspecified atom stereocenters. The molecule has 1 atom stereocenters. The molecule has 5 heterocycles. The smallest absolute Gasteiger partial charge is 0.353 e. The minimum atomic E-state index is -4.39. The molecule has 0 N–H and O–H groups in total. The lowest BCUT2D eigenvalue weighted by Gasteiger charge is -2.50. The average molecular weight is 465 g/mol. The zero-order valence-electron chi connectivity index (χ0n) is 18.5. The van der Waals surface area contributed by atoms with E-state index in [1.807, 2.05) is 11.9 Å². The van der Waals surface area contributed by atoms with Crippen molar-refractivity contribution in [3.63, 3.8) is 0 Å². The molecule has 2 aromatic heterocycles. The van der Waals surface area contributed by atoms with E-state index >= 15 is 0 Å². The van der Waals surface area contributed by atoms with Gasteiger partial charge in [-0.25, -0.2) is 9.37 Å². The number of carbonyl (C=O) groups is 1. The van der Waals surface area contributed by atoms with Gasteiger partial charge in [-0.15, -0.1) is 0 Å². The van der Waals surface area contributed by atoms with Crippen LogP contribution in [0.5, 0.6) is 0 Å². The van der Waals surface area contributed by atoms with Crippen LogP contribution in [0.2, 0.25) is 0 Å². The summed E-state index contributed by atoms with van der Waals surface area (Å²) in [6.07, 6.45) is -2.21. The van der Waals surface area contributed by atoms with Gasteiger partial charge in [-0.3, -0.25) is 9.69 Å². The number of hydrogen-bond acceptors (Lipinski definition) is 4. The number of hydrogen-bond donors (Lipinski definition) is 0. The van der Waals surface area contributed by atoms with Gasteiger partial charge in [0.05, 0.1) is 17.6 Å². The molecule has 1 amide bonds. The number of likely N-dealkylation sites (tertiary alicyclic amines) is 1. The summed E-state index contributed by atoms with van der Waals surface area (Å²) in [4.78, 5) is 23.4. The molecule has 0 aromatic carbocycles. The molecule has 5 rings (SSSR count). The van der Waals surface area contributed by atoms with Gasteiger partial charge in [0, 0.05) is 44.6 Å². The van der Waals surface area contributed by atoms with Crippen molar-refractivity contribution < 1.29 is 22.4 Å². The standard InChI is InChI=1S/C23H27F4N5O/c1-29-13-14-32-18(4-5-19(32)23(25,26)27)22(29)7-11-30(12-8-22)21(33)17-3-2-9-28-20(17)31-10-6-16(24)15-31/h2-5,9,16H,6-8,10-15H2,1H3. The van der Waals surface area contributed by atoms with Gasteiger partial charge in [0.25, 0.3) is 5.91 Å². The first-order valence-corrected chi connectivity index (χ1v) is 11.3. The molecule has 3 aliphatic heterocycles. The molecule has 0 saturated carbocycles. The van der Waals surface area contributed by atoms with Crippen molar-refractivity contribution in [2.45, 2.75) is 43.7 Å². The van der Waals surface area contributed by atoms with Crippen LogP contribution in [0.4, 0.5) is 23.4 Å². The van der Waals surface area contributed by atoms with Crippen molar-refractivity contribution in [2.24, 2.45) is 0 Å². The highest BCUT2D eigenvalue weighted by molar-refractivity contribution is 5.99. The maximum atomic E-state index is 13.7. The lowest BCUT2D eigenvalue weighted by Crippen LogP contribution is -2.56. The van der Waals surface area contributed by atoms with E-state index in [1.54, 1.807) is 29.3 Å². The van der Waals surface area contributed by atoms with Crippen molar-refractivity contribution in [2.75, 3.05) is 44.7 Å². The van der Waals surface area contributed by atoms with Gasteiger partial charge >= 0.3 is 6.18 Å². The number of aromatic nitrogens is 2. The molecule has 2 saturated heterocycles. The summed E-state index contributed by atoms with van der Waals surface area (Å²) in [5.74, 6) is 0.335. The predicted octanol–water partition coefficient (Wildman–Crippen LogP) is 3.53. The topological polar surface area (TPSA) is 44.6 Å². The zero-order valence-corrected chi connectivity index (χ0v) is 18.5. The van der Waals surface area contributed by atoms with Gasteiger partial charge in [0.2, 0.25) is 0 Å². The Hall–Kier alpha value is -2.62. The molecule has 2 fully saturated rings. The fraction of sp³-hybridized carbons (Fsp3) is 0.565. The SMILES string of the molecule is CN1CCn2c(C(F)(F)F)ccc2C12CCN(C(=O)c1cccnc1N1CCC(F)C1)CC2. The molecular formula is C23H27F4N5O. The van der Waals surface area contributed by atoms with Crippen LogP contribution in [0.1, 0.15) is 41.0 Å². The van der Waals surface area contributed by atoms with Crippen LogP contribution in [-0.4, -0.2) is 71.2 Å². The second-order valence-corrected chi connectivity index (χ2v) is 9.21. The molecule has 0 aliphatic carbocycles. The number of likely N-dealkylation sites (N-methyl/N-ethyl adjacent to an activating group) is 1. The van der Waals surface area contributed by atoms with Crippen LogP contribution in [0.15, 0.2) is 30.5 Å². The second kappa shape index (κ2) is 8.00. The van der Waals surface area contributed by atoms with E-state index in [2.05, 4.69) is 9.88 Å².